The predicted octanol–water partition coefficient (Wildman–Crippen LogP) is 3.45. The van der Waals surface area contributed by atoms with Crippen LogP contribution in [0.15, 0.2) is 48.5 Å². The minimum atomic E-state index is 0.100. The van der Waals surface area contributed by atoms with E-state index in [1.165, 1.54) is 11.1 Å². The second-order valence-corrected chi connectivity index (χ2v) is 5.74. The molecule has 1 aliphatic rings. The number of hydrogen-bond acceptors (Lipinski definition) is 3. The van der Waals surface area contributed by atoms with Crippen LogP contribution in [0, 0.1) is 6.92 Å². The molecule has 1 N–H and O–H groups in total. The fourth-order valence-electron chi connectivity index (χ4n) is 3.07. The second-order valence-electron chi connectivity index (χ2n) is 5.74. The van der Waals surface area contributed by atoms with Gasteiger partial charge in [0, 0.05) is 6.54 Å². The minimum absolute atomic E-state index is 0.100. The first-order valence-corrected chi connectivity index (χ1v) is 7.68. The Morgan fingerprint density at radius 2 is 1.95 bits per heavy atom. The van der Waals surface area contributed by atoms with Gasteiger partial charge in [0.15, 0.2) is 0 Å². The molecule has 112 valence electrons. The molecule has 2 aromatic carbocycles. The van der Waals surface area contributed by atoms with Gasteiger partial charge in [0.1, 0.15) is 6.10 Å². The smallest absolute Gasteiger partial charge is 0.204 e. The highest BCUT2D eigenvalue weighted by Crippen LogP contribution is 2.27. The van der Waals surface area contributed by atoms with Gasteiger partial charge in [-0.15, -0.1) is 0 Å². The summed E-state index contributed by atoms with van der Waals surface area (Å²) in [5, 5.41) is 0. The number of morpholine rings is 1. The highest BCUT2D eigenvalue weighted by molar-refractivity contribution is 5.77. The molecule has 0 aliphatic carbocycles. The van der Waals surface area contributed by atoms with Gasteiger partial charge in [-0.2, -0.15) is 0 Å². The van der Waals surface area contributed by atoms with Gasteiger partial charge in [-0.05, 0) is 30.2 Å². The van der Waals surface area contributed by atoms with Gasteiger partial charge in [0.2, 0.25) is 5.95 Å². The highest BCUT2D eigenvalue weighted by Gasteiger charge is 2.24. The maximum Gasteiger partial charge on any atom is 0.204 e. The number of para-hydroxylation sites is 2. The minimum Gasteiger partial charge on any atom is -0.370 e. The Balaban J connectivity index is 1.62. The number of aromatic amines is 1. The van der Waals surface area contributed by atoms with Crippen LogP contribution in [0.4, 0.5) is 5.95 Å². The molecule has 1 aliphatic heterocycles. The molecule has 1 aromatic heterocycles. The van der Waals surface area contributed by atoms with Gasteiger partial charge in [-0.1, -0.05) is 36.4 Å². The first-order chi connectivity index (χ1) is 10.8. The summed E-state index contributed by atoms with van der Waals surface area (Å²) >= 11 is 0. The Kier molecular flexibility index (Phi) is 3.31. The quantitative estimate of drug-likeness (QED) is 0.787. The van der Waals surface area contributed by atoms with Gasteiger partial charge in [0.25, 0.3) is 0 Å². The predicted molar refractivity (Wildman–Crippen MR) is 88.2 cm³/mol. The SMILES string of the molecule is Cc1ccccc1C1CN(c2nc3ccccc3[nH]2)CCO1. The number of hydrogen-bond donors (Lipinski definition) is 1. The van der Waals surface area contributed by atoms with E-state index in [-0.39, 0.29) is 6.10 Å². The molecule has 3 aromatic rings. The molecule has 0 bridgehead atoms. The molecule has 22 heavy (non-hydrogen) atoms. The summed E-state index contributed by atoms with van der Waals surface area (Å²) < 4.78 is 5.99. The average Bonchev–Trinajstić information content (AvgIpc) is 2.99. The van der Waals surface area contributed by atoms with Crippen LogP contribution in [-0.4, -0.2) is 29.7 Å². The first-order valence-electron chi connectivity index (χ1n) is 7.68. The normalized spacial score (nSPS) is 18.8. The monoisotopic (exact) mass is 293 g/mol. The van der Waals surface area contributed by atoms with Crippen LogP contribution in [0.3, 0.4) is 0 Å². The first kappa shape index (κ1) is 13.3. The largest absolute Gasteiger partial charge is 0.370 e. The molecule has 0 spiro atoms. The summed E-state index contributed by atoms with van der Waals surface area (Å²) in [6.45, 7) is 4.54. The molecule has 0 saturated carbocycles. The number of imidazole rings is 1. The topological polar surface area (TPSA) is 41.2 Å². The average molecular weight is 293 g/mol. The highest BCUT2D eigenvalue weighted by atomic mass is 16.5. The number of ether oxygens (including phenoxy) is 1. The van der Waals surface area contributed by atoms with Crippen molar-refractivity contribution >= 4 is 17.0 Å². The van der Waals surface area contributed by atoms with Crippen molar-refractivity contribution in [3.8, 4) is 0 Å². The van der Waals surface area contributed by atoms with Crippen molar-refractivity contribution in [3.63, 3.8) is 0 Å². The number of anilines is 1. The van der Waals surface area contributed by atoms with Crippen LogP contribution in [0.2, 0.25) is 0 Å². The Labute approximate surface area is 129 Å². The van der Waals surface area contributed by atoms with Crippen molar-refractivity contribution in [2.45, 2.75) is 13.0 Å². The van der Waals surface area contributed by atoms with E-state index in [4.69, 9.17) is 9.72 Å². The molecule has 2 heterocycles. The van der Waals surface area contributed by atoms with E-state index in [0.717, 1.165) is 36.7 Å². The number of nitrogens with one attached hydrogen (secondary N) is 1. The summed E-state index contributed by atoms with van der Waals surface area (Å²) in [5.74, 6) is 0.933. The van der Waals surface area contributed by atoms with Crippen LogP contribution in [0.5, 0.6) is 0 Å². The van der Waals surface area contributed by atoms with Crippen molar-refractivity contribution < 1.29 is 4.74 Å². The summed E-state index contributed by atoms with van der Waals surface area (Å²) in [5.41, 5.74) is 4.63. The van der Waals surface area contributed by atoms with Crippen molar-refractivity contribution in [1.29, 1.82) is 0 Å². The van der Waals surface area contributed by atoms with Gasteiger partial charge >= 0.3 is 0 Å². The Morgan fingerprint density at radius 3 is 2.82 bits per heavy atom. The van der Waals surface area contributed by atoms with Crippen LogP contribution in [0.1, 0.15) is 17.2 Å². The number of aryl methyl sites for hydroxylation is 1. The van der Waals surface area contributed by atoms with E-state index in [1.807, 2.05) is 18.2 Å². The molecule has 1 saturated heterocycles. The van der Waals surface area contributed by atoms with Gasteiger partial charge in [-0.25, -0.2) is 4.98 Å². The lowest BCUT2D eigenvalue weighted by atomic mass is 10.0. The third-order valence-electron chi connectivity index (χ3n) is 4.28. The van der Waals surface area contributed by atoms with Crippen LogP contribution in [0.25, 0.3) is 11.0 Å². The lowest BCUT2D eigenvalue weighted by molar-refractivity contribution is 0.0389. The Morgan fingerprint density at radius 1 is 1.14 bits per heavy atom. The fraction of sp³-hybridized carbons (Fsp3) is 0.278. The summed E-state index contributed by atoms with van der Waals surface area (Å²) in [4.78, 5) is 10.4. The van der Waals surface area contributed by atoms with Crippen LogP contribution < -0.4 is 4.90 Å². The van der Waals surface area contributed by atoms with Crippen molar-refractivity contribution in [2.75, 3.05) is 24.6 Å². The van der Waals surface area contributed by atoms with Crippen LogP contribution in [-0.2, 0) is 4.74 Å². The molecule has 0 radical (unpaired) electrons. The Hall–Kier alpha value is -2.33. The van der Waals surface area contributed by atoms with Gasteiger partial charge in [0.05, 0.1) is 24.2 Å². The third kappa shape index (κ3) is 2.35. The van der Waals surface area contributed by atoms with Gasteiger partial charge in [-0.3, -0.25) is 0 Å². The molecule has 1 fully saturated rings. The number of rotatable bonds is 2. The fourth-order valence-corrected chi connectivity index (χ4v) is 3.07. The third-order valence-corrected chi connectivity index (χ3v) is 4.28. The number of H-pyrrole nitrogens is 1. The standard InChI is InChI=1S/C18H19N3O/c1-13-6-2-3-7-14(13)17-12-21(10-11-22-17)18-19-15-8-4-5-9-16(15)20-18/h2-9,17H,10-12H2,1H3,(H,19,20). The lowest BCUT2D eigenvalue weighted by Gasteiger charge is -2.33. The second kappa shape index (κ2) is 5.46. The maximum absolute atomic E-state index is 5.99. The van der Waals surface area contributed by atoms with E-state index in [9.17, 15) is 0 Å². The summed E-state index contributed by atoms with van der Waals surface area (Å²) in [6.07, 6.45) is 0.100. The zero-order valence-electron chi connectivity index (χ0n) is 12.6. The molecule has 1 unspecified atom stereocenters. The number of aromatic nitrogens is 2. The zero-order valence-corrected chi connectivity index (χ0v) is 12.6. The molecule has 4 heteroatoms. The van der Waals surface area contributed by atoms with Gasteiger partial charge < -0.3 is 14.6 Å². The summed E-state index contributed by atoms with van der Waals surface area (Å²) in [7, 11) is 0. The molecular weight excluding hydrogens is 274 g/mol. The molecule has 4 nitrogen and oxygen atoms in total. The van der Waals surface area contributed by atoms with Crippen molar-refractivity contribution in [1.82, 2.24) is 9.97 Å². The molecule has 1 atom stereocenters. The molecular formula is C18H19N3O. The number of nitrogens with zero attached hydrogens (tertiary/aromatic N) is 2. The molecule has 4 rings (SSSR count). The van der Waals surface area contributed by atoms with Crippen molar-refractivity contribution in [3.05, 3.63) is 59.7 Å². The van der Waals surface area contributed by atoms with E-state index in [2.05, 4.69) is 47.1 Å². The van der Waals surface area contributed by atoms with E-state index in [0.29, 0.717) is 0 Å². The lowest BCUT2D eigenvalue weighted by Crippen LogP contribution is -2.39. The maximum atomic E-state index is 5.99. The Bertz CT molecular complexity index is 763. The van der Waals surface area contributed by atoms with E-state index < -0.39 is 0 Å². The van der Waals surface area contributed by atoms with Crippen molar-refractivity contribution in [2.24, 2.45) is 0 Å². The van der Waals surface area contributed by atoms with Crippen LogP contribution >= 0.6 is 0 Å². The van der Waals surface area contributed by atoms with E-state index >= 15 is 0 Å². The number of benzene rings is 2. The van der Waals surface area contributed by atoms with E-state index in [1.54, 1.807) is 0 Å². The zero-order chi connectivity index (χ0) is 14.9. The molecule has 0 amide bonds. The summed E-state index contributed by atoms with van der Waals surface area (Å²) in [6, 6.07) is 16.6. The number of fused-ring (bicyclic) bond motifs is 1.